The minimum Gasteiger partial charge on any atom is -0.490 e. The minimum atomic E-state index is -1.55. The largest absolute Gasteiger partial charge is 0.490 e. The summed E-state index contributed by atoms with van der Waals surface area (Å²) >= 11 is 0. The molecule has 0 saturated heterocycles. The Kier molecular flexibility index (Phi) is 10.2. The first-order valence-corrected chi connectivity index (χ1v) is 12.7. The Labute approximate surface area is 241 Å². The summed E-state index contributed by atoms with van der Waals surface area (Å²) in [7, 11) is 2.37. The Morgan fingerprint density at radius 1 is 0.714 bits per heavy atom. The van der Waals surface area contributed by atoms with Gasteiger partial charge in [0, 0.05) is 5.56 Å². The van der Waals surface area contributed by atoms with E-state index in [1.165, 1.54) is 70.5 Å². The van der Waals surface area contributed by atoms with E-state index in [2.05, 4.69) is 0 Å². The molecule has 0 fully saturated rings. The number of aliphatic hydroxyl groups is 1. The topological polar surface area (TPSA) is 163 Å². The van der Waals surface area contributed by atoms with Crippen LogP contribution in [-0.2, 0) is 20.6 Å². The van der Waals surface area contributed by atoms with Crippen molar-refractivity contribution in [1.82, 2.24) is 0 Å². The molecule has 0 atom stereocenters. The van der Waals surface area contributed by atoms with E-state index in [0.29, 0.717) is 16.9 Å². The molecular formula is C31H30O11. The summed E-state index contributed by atoms with van der Waals surface area (Å²) in [5.41, 5.74) is -0.604. The van der Waals surface area contributed by atoms with Crippen LogP contribution in [0.5, 0.6) is 5.75 Å². The van der Waals surface area contributed by atoms with E-state index in [-0.39, 0.29) is 47.5 Å². The van der Waals surface area contributed by atoms with E-state index in [1.807, 2.05) is 0 Å². The number of ketones is 1. The van der Waals surface area contributed by atoms with Gasteiger partial charge in [0.05, 0.1) is 36.5 Å². The normalized spacial score (nSPS) is 10.9. The quantitative estimate of drug-likeness (QED) is 0.139. The van der Waals surface area contributed by atoms with Gasteiger partial charge in [-0.25, -0.2) is 19.2 Å². The first-order chi connectivity index (χ1) is 19.8. The van der Waals surface area contributed by atoms with Crippen molar-refractivity contribution in [3.8, 4) is 5.75 Å². The summed E-state index contributed by atoms with van der Waals surface area (Å²) in [6.07, 6.45) is 0.189. The van der Waals surface area contributed by atoms with Crippen LogP contribution in [0.25, 0.3) is 0 Å². The molecule has 0 aromatic heterocycles. The molecule has 42 heavy (non-hydrogen) atoms. The van der Waals surface area contributed by atoms with Crippen LogP contribution < -0.4 is 4.74 Å². The van der Waals surface area contributed by atoms with E-state index in [1.54, 1.807) is 18.2 Å². The lowest BCUT2D eigenvalue weighted by Gasteiger charge is -2.16. The van der Waals surface area contributed by atoms with Crippen molar-refractivity contribution < 1.29 is 53.1 Å². The van der Waals surface area contributed by atoms with E-state index in [4.69, 9.17) is 18.9 Å². The number of benzene rings is 3. The molecule has 0 radical (unpaired) electrons. The third-order valence-corrected chi connectivity index (χ3v) is 6.07. The van der Waals surface area contributed by atoms with Crippen molar-refractivity contribution in [1.29, 1.82) is 0 Å². The maximum Gasteiger partial charge on any atom is 0.339 e. The van der Waals surface area contributed by atoms with Crippen molar-refractivity contribution >= 4 is 29.7 Å². The van der Waals surface area contributed by atoms with Crippen molar-refractivity contribution in [3.05, 3.63) is 99.6 Å². The van der Waals surface area contributed by atoms with E-state index in [0.717, 1.165) is 0 Å². The Balaban J connectivity index is 1.73. The number of carbonyl (C=O) groups is 5. The first kappa shape index (κ1) is 31.5. The number of hydrogen-bond donors (Lipinski definition) is 2. The molecule has 0 spiro atoms. The molecule has 0 unspecified atom stereocenters. The molecule has 220 valence electrons. The Morgan fingerprint density at radius 2 is 1.29 bits per heavy atom. The fourth-order valence-electron chi connectivity index (χ4n) is 4.01. The zero-order chi connectivity index (χ0) is 31.0. The van der Waals surface area contributed by atoms with E-state index >= 15 is 0 Å². The maximum atomic E-state index is 12.8. The van der Waals surface area contributed by atoms with E-state index in [9.17, 15) is 34.2 Å². The predicted molar refractivity (Wildman–Crippen MR) is 148 cm³/mol. The fraction of sp³-hybridized carbons (Fsp3) is 0.258. The predicted octanol–water partition coefficient (Wildman–Crippen LogP) is 3.74. The average Bonchev–Trinajstić information content (AvgIpc) is 2.97. The molecule has 0 heterocycles. The number of carboxylic acids is 1. The lowest BCUT2D eigenvalue weighted by atomic mass is 9.96. The van der Waals surface area contributed by atoms with Gasteiger partial charge in [0.25, 0.3) is 0 Å². The lowest BCUT2D eigenvalue weighted by molar-refractivity contribution is 0.0441. The van der Waals surface area contributed by atoms with Crippen LogP contribution in [0.4, 0.5) is 0 Å². The third-order valence-electron chi connectivity index (χ3n) is 6.07. The van der Waals surface area contributed by atoms with Crippen LogP contribution >= 0.6 is 0 Å². The van der Waals surface area contributed by atoms with Crippen molar-refractivity contribution in [2.75, 3.05) is 27.4 Å². The fourth-order valence-corrected chi connectivity index (χ4v) is 4.01. The van der Waals surface area contributed by atoms with Gasteiger partial charge in [0.2, 0.25) is 0 Å². The monoisotopic (exact) mass is 578 g/mol. The van der Waals surface area contributed by atoms with Gasteiger partial charge in [-0.15, -0.1) is 0 Å². The minimum absolute atomic E-state index is 0.00128. The molecule has 3 aromatic carbocycles. The molecule has 0 saturated carbocycles. The number of hydrogen-bond acceptors (Lipinski definition) is 10. The van der Waals surface area contributed by atoms with E-state index < -0.39 is 35.3 Å². The van der Waals surface area contributed by atoms with Gasteiger partial charge in [-0.3, -0.25) is 4.79 Å². The van der Waals surface area contributed by atoms with Gasteiger partial charge in [0.15, 0.2) is 5.78 Å². The van der Waals surface area contributed by atoms with Gasteiger partial charge in [0.1, 0.15) is 24.6 Å². The summed E-state index contributed by atoms with van der Waals surface area (Å²) < 4.78 is 20.3. The Morgan fingerprint density at radius 3 is 1.86 bits per heavy atom. The zero-order valence-electron chi connectivity index (χ0n) is 23.5. The summed E-state index contributed by atoms with van der Waals surface area (Å²) in [4.78, 5) is 61.2. The van der Waals surface area contributed by atoms with Gasteiger partial charge in [-0.2, -0.15) is 0 Å². The molecule has 2 N–H and O–H groups in total. The highest BCUT2D eigenvalue weighted by Gasteiger charge is 2.25. The number of Topliss-reactive ketones (excluding diaryl/α,β-unsaturated/α-hetero) is 1. The zero-order valence-corrected chi connectivity index (χ0v) is 23.5. The SMILES string of the molecule is COC(=O)c1ccc(Cc2ccc(C(=O)O)c(C(=O)OCCOc3cccc(C(=O)C(C)(C)O)c3)c2)cc1C(=O)OC. The summed E-state index contributed by atoms with van der Waals surface area (Å²) in [5, 5.41) is 19.5. The Bertz CT molecular complexity index is 1520. The molecular weight excluding hydrogens is 548 g/mol. The van der Waals surface area contributed by atoms with Gasteiger partial charge in [-0.1, -0.05) is 24.3 Å². The summed E-state index contributed by atoms with van der Waals surface area (Å²) in [6, 6.07) is 14.8. The smallest absolute Gasteiger partial charge is 0.339 e. The maximum absolute atomic E-state index is 12.8. The lowest BCUT2D eigenvalue weighted by Crippen LogP contribution is -2.31. The number of ether oxygens (including phenoxy) is 4. The van der Waals surface area contributed by atoms with Crippen LogP contribution in [0.1, 0.15) is 76.8 Å². The molecule has 3 aromatic rings. The highest BCUT2D eigenvalue weighted by atomic mass is 16.6. The van der Waals surface area contributed by atoms with Gasteiger partial charge < -0.3 is 29.2 Å². The second-order valence-corrected chi connectivity index (χ2v) is 9.63. The Hall–Kier alpha value is -5.03. The highest BCUT2D eigenvalue weighted by molar-refractivity contribution is 6.04. The van der Waals surface area contributed by atoms with Crippen LogP contribution in [0.15, 0.2) is 60.7 Å². The molecule has 11 heteroatoms. The van der Waals surface area contributed by atoms with Crippen LogP contribution in [0.2, 0.25) is 0 Å². The summed E-state index contributed by atoms with van der Waals surface area (Å²) in [6.45, 7) is 2.45. The molecule has 11 nitrogen and oxygen atoms in total. The standard InChI is InChI=1S/C31H30O11/c1-31(2,38)26(32)20-6-5-7-21(17-20)41-12-13-42-30(37)24-15-18(8-10-22(24)27(33)34)14-19-9-11-23(28(35)39-3)25(16-19)29(36)40-4/h5-11,15-17,38H,12-14H2,1-4H3,(H,33,34). The van der Waals surface area contributed by atoms with Crippen LogP contribution in [0.3, 0.4) is 0 Å². The molecule has 0 aliphatic carbocycles. The molecule has 0 aliphatic rings. The first-order valence-electron chi connectivity index (χ1n) is 12.7. The molecule has 3 rings (SSSR count). The highest BCUT2D eigenvalue weighted by Crippen LogP contribution is 2.21. The second-order valence-electron chi connectivity index (χ2n) is 9.63. The van der Waals surface area contributed by atoms with Crippen molar-refractivity contribution in [2.24, 2.45) is 0 Å². The number of carboxylic acid groups (broad SMARTS) is 1. The number of methoxy groups -OCH3 is 2. The molecule has 0 amide bonds. The van der Waals surface area contributed by atoms with Crippen LogP contribution in [-0.4, -0.2) is 72.9 Å². The molecule has 0 aliphatic heterocycles. The third kappa shape index (κ3) is 7.79. The van der Waals surface area contributed by atoms with Gasteiger partial charge >= 0.3 is 23.9 Å². The number of esters is 3. The summed E-state index contributed by atoms with van der Waals surface area (Å²) in [5.74, 6) is -3.83. The number of aromatic carboxylic acids is 1. The van der Waals surface area contributed by atoms with Crippen molar-refractivity contribution in [3.63, 3.8) is 0 Å². The number of carbonyl (C=O) groups excluding carboxylic acids is 4. The number of rotatable bonds is 12. The second kappa shape index (κ2) is 13.6. The average molecular weight is 579 g/mol. The van der Waals surface area contributed by atoms with Crippen LogP contribution in [0, 0.1) is 0 Å². The van der Waals surface area contributed by atoms with Gasteiger partial charge in [-0.05, 0) is 67.8 Å². The van der Waals surface area contributed by atoms with Crippen molar-refractivity contribution in [2.45, 2.75) is 25.9 Å². The molecule has 0 bridgehead atoms.